The molecule has 0 aromatic rings. The van der Waals surface area contributed by atoms with E-state index in [0.29, 0.717) is 5.78 Å². The summed E-state index contributed by atoms with van der Waals surface area (Å²) >= 11 is 1.89. The van der Waals surface area contributed by atoms with E-state index in [1.807, 2.05) is 11.8 Å². The molecule has 2 fully saturated rings. The van der Waals surface area contributed by atoms with Gasteiger partial charge >= 0.3 is 0 Å². The minimum Gasteiger partial charge on any atom is -0.363 e. The van der Waals surface area contributed by atoms with E-state index in [0.717, 1.165) is 38.0 Å². The van der Waals surface area contributed by atoms with Crippen molar-refractivity contribution in [2.24, 2.45) is 0 Å². The average Bonchev–Trinajstić information content (AvgIpc) is 2.45. The first-order chi connectivity index (χ1) is 5.31. The lowest BCUT2D eigenvalue weighted by Crippen LogP contribution is -2.30. The highest BCUT2D eigenvalue weighted by Crippen LogP contribution is 2.43. The molecule has 0 atom stereocenters. The Morgan fingerprint density at radius 2 is 2.09 bits per heavy atom. The fraction of sp³-hybridized carbons (Fsp3) is 0.875. The van der Waals surface area contributed by atoms with Crippen LogP contribution < -0.4 is 0 Å². The predicted octanol–water partition coefficient (Wildman–Crippen LogP) is 1.59. The number of carbonyl (C=O) groups excluding carboxylic acids is 1. The second-order valence-corrected chi connectivity index (χ2v) is 4.59. The van der Waals surface area contributed by atoms with Crippen LogP contribution in [0.25, 0.3) is 0 Å². The van der Waals surface area contributed by atoms with Crippen molar-refractivity contribution in [1.82, 2.24) is 0 Å². The van der Waals surface area contributed by atoms with Gasteiger partial charge in [-0.25, -0.2) is 0 Å². The van der Waals surface area contributed by atoms with Gasteiger partial charge in [-0.2, -0.15) is 0 Å². The third-order valence-electron chi connectivity index (χ3n) is 2.38. The number of ketones is 1. The summed E-state index contributed by atoms with van der Waals surface area (Å²) in [7, 11) is 0. The van der Waals surface area contributed by atoms with Crippen LogP contribution in [0.1, 0.15) is 25.7 Å². The molecule has 0 bridgehead atoms. The molecule has 0 aromatic carbocycles. The number of ether oxygens (including phenoxy) is 1. The van der Waals surface area contributed by atoms with Crippen LogP contribution in [-0.2, 0) is 9.53 Å². The zero-order valence-corrected chi connectivity index (χ0v) is 7.28. The smallest absolute Gasteiger partial charge is 0.133 e. The van der Waals surface area contributed by atoms with E-state index in [1.165, 1.54) is 0 Å². The Labute approximate surface area is 70.7 Å². The summed E-state index contributed by atoms with van der Waals surface area (Å²) in [6.45, 7) is 0.874. The first-order valence-electron chi connectivity index (χ1n) is 4.10. The Morgan fingerprint density at radius 3 is 2.64 bits per heavy atom. The zero-order valence-electron chi connectivity index (χ0n) is 6.47. The van der Waals surface area contributed by atoms with E-state index in [9.17, 15) is 4.79 Å². The van der Waals surface area contributed by atoms with Gasteiger partial charge in [0.25, 0.3) is 0 Å². The van der Waals surface area contributed by atoms with Crippen molar-refractivity contribution in [3.8, 4) is 0 Å². The summed E-state index contributed by atoms with van der Waals surface area (Å²) in [5.41, 5.74) is 0. The summed E-state index contributed by atoms with van der Waals surface area (Å²) in [4.78, 5) is 11.0. The summed E-state index contributed by atoms with van der Waals surface area (Å²) in [6.07, 6.45) is 3.34. The lowest BCUT2D eigenvalue weighted by molar-refractivity contribution is -0.123. The van der Waals surface area contributed by atoms with E-state index < -0.39 is 0 Å². The molecule has 11 heavy (non-hydrogen) atoms. The zero-order chi connectivity index (χ0) is 7.73. The van der Waals surface area contributed by atoms with Crippen LogP contribution in [-0.4, -0.2) is 23.1 Å². The normalized spacial score (nSPS) is 29.6. The molecule has 0 radical (unpaired) electrons. The van der Waals surface area contributed by atoms with Crippen LogP contribution in [0.4, 0.5) is 0 Å². The third kappa shape index (κ3) is 1.44. The number of thioether (sulfide) groups is 1. The topological polar surface area (TPSA) is 26.3 Å². The van der Waals surface area contributed by atoms with Gasteiger partial charge in [-0.3, -0.25) is 4.79 Å². The highest BCUT2D eigenvalue weighted by molar-refractivity contribution is 8.00. The summed E-state index contributed by atoms with van der Waals surface area (Å²) in [6, 6.07) is 0. The highest BCUT2D eigenvalue weighted by Gasteiger charge is 2.39. The summed E-state index contributed by atoms with van der Waals surface area (Å²) in [5.74, 6) is 1.51. The van der Waals surface area contributed by atoms with Crippen LogP contribution in [0.5, 0.6) is 0 Å². The van der Waals surface area contributed by atoms with E-state index in [4.69, 9.17) is 4.74 Å². The lowest BCUT2D eigenvalue weighted by atomic mass is 9.96. The fourth-order valence-corrected chi connectivity index (χ4v) is 2.89. The van der Waals surface area contributed by atoms with Gasteiger partial charge < -0.3 is 4.74 Å². The molecular weight excluding hydrogens is 160 g/mol. The highest BCUT2D eigenvalue weighted by atomic mass is 32.2. The minimum atomic E-state index is 0.0495. The Kier molecular flexibility index (Phi) is 1.93. The lowest BCUT2D eigenvalue weighted by Gasteiger charge is -2.30. The van der Waals surface area contributed by atoms with Crippen molar-refractivity contribution in [3.63, 3.8) is 0 Å². The van der Waals surface area contributed by atoms with Gasteiger partial charge in [-0.1, -0.05) is 0 Å². The Balaban J connectivity index is 1.99. The third-order valence-corrected chi connectivity index (χ3v) is 3.81. The second kappa shape index (κ2) is 2.79. The second-order valence-electron chi connectivity index (χ2n) is 3.15. The number of rotatable bonds is 0. The molecule has 0 amide bonds. The number of hydrogen-bond acceptors (Lipinski definition) is 3. The van der Waals surface area contributed by atoms with Gasteiger partial charge in [0.15, 0.2) is 0 Å². The van der Waals surface area contributed by atoms with Gasteiger partial charge in [-0.05, 0) is 12.8 Å². The van der Waals surface area contributed by atoms with Crippen molar-refractivity contribution in [2.45, 2.75) is 30.6 Å². The van der Waals surface area contributed by atoms with Gasteiger partial charge in [0.2, 0.25) is 0 Å². The molecule has 0 aromatic heterocycles. The summed E-state index contributed by atoms with van der Waals surface area (Å²) in [5, 5.41) is 0. The molecule has 1 aliphatic carbocycles. The van der Waals surface area contributed by atoms with Crippen LogP contribution in [0.15, 0.2) is 0 Å². The molecule has 1 spiro atoms. The largest absolute Gasteiger partial charge is 0.363 e. The molecule has 1 aliphatic heterocycles. The Bertz CT molecular complexity index is 161. The molecule has 62 valence electrons. The van der Waals surface area contributed by atoms with E-state index in [-0.39, 0.29) is 4.93 Å². The SMILES string of the molecule is O=C1CCC2(CC1)OCCS2. The molecule has 1 saturated heterocycles. The van der Waals surface area contributed by atoms with Crippen molar-refractivity contribution in [1.29, 1.82) is 0 Å². The number of hydrogen-bond donors (Lipinski definition) is 0. The first kappa shape index (κ1) is 7.62. The molecular formula is C8H12O2S. The molecule has 3 heteroatoms. The quantitative estimate of drug-likeness (QED) is 0.555. The molecule has 0 N–H and O–H groups in total. The van der Waals surface area contributed by atoms with E-state index in [1.54, 1.807) is 0 Å². The van der Waals surface area contributed by atoms with Gasteiger partial charge in [0, 0.05) is 18.6 Å². The Hall–Kier alpha value is -0.0200. The first-order valence-corrected chi connectivity index (χ1v) is 5.09. The summed E-state index contributed by atoms with van der Waals surface area (Å²) < 4.78 is 5.64. The Morgan fingerprint density at radius 1 is 1.36 bits per heavy atom. The van der Waals surface area contributed by atoms with Crippen molar-refractivity contribution in [3.05, 3.63) is 0 Å². The minimum absolute atomic E-state index is 0.0495. The molecule has 2 aliphatic rings. The fourth-order valence-electron chi connectivity index (χ4n) is 1.70. The van der Waals surface area contributed by atoms with Gasteiger partial charge in [0.1, 0.15) is 10.7 Å². The monoisotopic (exact) mass is 172 g/mol. The maximum absolute atomic E-state index is 10.9. The molecule has 0 unspecified atom stereocenters. The van der Waals surface area contributed by atoms with Crippen LogP contribution in [0.2, 0.25) is 0 Å². The van der Waals surface area contributed by atoms with E-state index in [2.05, 4.69) is 0 Å². The van der Waals surface area contributed by atoms with Crippen molar-refractivity contribution < 1.29 is 9.53 Å². The van der Waals surface area contributed by atoms with Crippen LogP contribution in [0.3, 0.4) is 0 Å². The number of carbonyl (C=O) groups is 1. The standard InChI is InChI=1S/C8H12O2S/c9-7-1-3-8(4-2-7)10-5-6-11-8/h1-6H2. The van der Waals surface area contributed by atoms with Crippen LogP contribution in [0, 0.1) is 0 Å². The predicted molar refractivity (Wildman–Crippen MR) is 44.6 cm³/mol. The maximum Gasteiger partial charge on any atom is 0.133 e. The maximum atomic E-state index is 10.9. The van der Waals surface area contributed by atoms with Crippen LogP contribution >= 0.6 is 11.8 Å². The van der Waals surface area contributed by atoms with Crippen molar-refractivity contribution >= 4 is 17.5 Å². The molecule has 1 heterocycles. The molecule has 1 saturated carbocycles. The molecule has 2 rings (SSSR count). The molecule has 2 nitrogen and oxygen atoms in total. The number of Topliss-reactive ketones (excluding diaryl/α,β-unsaturated/α-hetero) is 1. The van der Waals surface area contributed by atoms with Gasteiger partial charge in [-0.15, -0.1) is 11.8 Å². The average molecular weight is 172 g/mol. The van der Waals surface area contributed by atoms with Crippen molar-refractivity contribution in [2.75, 3.05) is 12.4 Å². The van der Waals surface area contributed by atoms with Gasteiger partial charge in [0.05, 0.1) is 6.61 Å². The van der Waals surface area contributed by atoms with E-state index >= 15 is 0 Å².